The molecule has 0 saturated carbocycles. The van der Waals surface area contributed by atoms with Crippen LogP contribution in [0.5, 0.6) is 0 Å². The molecule has 1 aliphatic heterocycles. The number of hydrogen-bond donors (Lipinski definition) is 1. The van der Waals surface area contributed by atoms with E-state index in [2.05, 4.69) is 15.3 Å². The maximum atomic E-state index is 13.1. The van der Waals surface area contributed by atoms with Crippen molar-refractivity contribution >= 4 is 17.3 Å². The van der Waals surface area contributed by atoms with Crippen LogP contribution in [0.25, 0.3) is 0 Å². The predicted octanol–water partition coefficient (Wildman–Crippen LogP) is 5.47. The van der Waals surface area contributed by atoms with Gasteiger partial charge in [-0.25, -0.2) is 0 Å². The molecule has 0 saturated heterocycles. The summed E-state index contributed by atoms with van der Waals surface area (Å²) in [6.07, 6.45) is -4.03. The summed E-state index contributed by atoms with van der Waals surface area (Å²) in [5.74, 6) is -0.0311. The summed E-state index contributed by atoms with van der Waals surface area (Å²) >= 11 is 0. The number of aryl methyl sites for hydroxylation is 2. The summed E-state index contributed by atoms with van der Waals surface area (Å²) < 4.78 is 40.6. The zero-order chi connectivity index (χ0) is 22.4. The Kier molecular flexibility index (Phi) is 5.64. The summed E-state index contributed by atoms with van der Waals surface area (Å²) in [5, 5.41) is 6.74. The van der Waals surface area contributed by atoms with E-state index in [1.807, 2.05) is 53.7 Å². The first-order valence-corrected chi connectivity index (χ1v) is 10.1. The molecule has 0 unspecified atom stereocenters. The average Bonchev–Trinajstić information content (AvgIpc) is 3.02. The zero-order valence-electron chi connectivity index (χ0n) is 18.3. The molecule has 1 aromatic heterocycles. The van der Waals surface area contributed by atoms with Gasteiger partial charge in [-0.1, -0.05) is 20.8 Å². The average molecular weight is 422 g/mol. The molecule has 0 bridgehead atoms. The Morgan fingerprint density at radius 3 is 2.27 bits per heavy atom. The molecular formula is C22H29F3N4O. The van der Waals surface area contributed by atoms with E-state index in [0.29, 0.717) is 25.2 Å². The number of benzene rings is 1. The van der Waals surface area contributed by atoms with E-state index in [1.165, 1.54) is 4.68 Å². The van der Waals surface area contributed by atoms with E-state index < -0.39 is 11.9 Å². The largest absolute Gasteiger partial charge is 0.435 e. The topological polar surface area (TPSA) is 50.2 Å². The number of amides is 1. The van der Waals surface area contributed by atoms with Crippen molar-refractivity contribution in [1.29, 1.82) is 0 Å². The molecule has 164 valence electrons. The zero-order valence-corrected chi connectivity index (χ0v) is 18.3. The predicted molar refractivity (Wildman–Crippen MR) is 112 cm³/mol. The molecule has 0 aliphatic carbocycles. The summed E-state index contributed by atoms with van der Waals surface area (Å²) in [7, 11) is 0. The number of alkyl halides is 3. The summed E-state index contributed by atoms with van der Waals surface area (Å²) in [6, 6.07) is 4.85. The van der Waals surface area contributed by atoms with Gasteiger partial charge in [0.25, 0.3) is 0 Å². The smallest absolute Gasteiger partial charge is 0.361 e. The Morgan fingerprint density at radius 2 is 1.73 bits per heavy atom. The van der Waals surface area contributed by atoms with E-state index in [1.54, 1.807) is 0 Å². The van der Waals surface area contributed by atoms with Crippen molar-refractivity contribution in [3.63, 3.8) is 0 Å². The van der Waals surface area contributed by atoms with Gasteiger partial charge in [0.1, 0.15) is 0 Å². The molecular weight excluding hydrogens is 393 g/mol. The first kappa shape index (κ1) is 22.2. The fourth-order valence-electron chi connectivity index (χ4n) is 3.96. The molecule has 2 aromatic rings. The monoisotopic (exact) mass is 422 g/mol. The number of halogens is 3. The van der Waals surface area contributed by atoms with E-state index in [-0.39, 0.29) is 17.4 Å². The molecule has 0 spiro atoms. The summed E-state index contributed by atoms with van der Waals surface area (Å²) in [6.45, 7) is 12.7. The molecule has 0 radical (unpaired) electrons. The van der Waals surface area contributed by atoms with Crippen molar-refractivity contribution in [2.45, 2.75) is 66.7 Å². The molecule has 1 aliphatic rings. The quantitative estimate of drug-likeness (QED) is 0.713. The van der Waals surface area contributed by atoms with Crippen LogP contribution < -0.4 is 10.2 Å². The second-order valence-corrected chi connectivity index (χ2v) is 9.28. The van der Waals surface area contributed by atoms with Crippen LogP contribution in [0.1, 0.15) is 62.7 Å². The summed E-state index contributed by atoms with van der Waals surface area (Å²) in [5.41, 5.74) is 3.16. The highest BCUT2D eigenvalue weighted by atomic mass is 19.4. The van der Waals surface area contributed by atoms with Crippen LogP contribution in [0.2, 0.25) is 0 Å². The number of nitrogens with zero attached hydrogens (tertiary/aromatic N) is 3. The number of nitrogens with one attached hydrogen (secondary N) is 1. The maximum absolute atomic E-state index is 13.1. The third-order valence-electron chi connectivity index (χ3n) is 5.35. The van der Waals surface area contributed by atoms with E-state index in [4.69, 9.17) is 0 Å². The third kappa shape index (κ3) is 4.63. The Bertz CT molecular complexity index is 933. The van der Waals surface area contributed by atoms with Crippen molar-refractivity contribution in [1.82, 2.24) is 9.78 Å². The van der Waals surface area contributed by atoms with Gasteiger partial charge in [0.2, 0.25) is 5.91 Å². The second-order valence-electron chi connectivity index (χ2n) is 9.28. The van der Waals surface area contributed by atoms with Crippen LogP contribution in [0.4, 0.5) is 24.5 Å². The van der Waals surface area contributed by atoms with Crippen LogP contribution >= 0.6 is 0 Å². The fraction of sp³-hybridized carbons (Fsp3) is 0.545. The molecule has 30 heavy (non-hydrogen) atoms. The van der Waals surface area contributed by atoms with Crippen LogP contribution in [-0.4, -0.2) is 22.2 Å². The van der Waals surface area contributed by atoms with Crippen LogP contribution in [0, 0.1) is 19.3 Å². The minimum Gasteiger partial charge on any atom is -0.361 e. The van der Waals surface area contributed by atoms with Crippen LogP contribution in [0.15, 0.2) is 18.2 Å². The van der Waals surface area contributed by atoms with E-state index in [9.17, 15) is 18.0 Å². The number of aromatic nitrogens is 2. The lowest BCUT2D eigenvalue weighted by Gasteiger charge is -2.36. The second kappa shape index (κ2) is 7.63. The highest BCUT2D eigenvalue weighted by molar-refractivity contribution is 5.93. The lowest BCUT2D eigenvalue weighted by Crippen LogP contribution is -2.37. The Labute approximate surface area is 175 Å². The van der Waals surface area contributed by atoms with Crippen molar-refractivity contribution < 1.29 is 18.0 Å². The van der Waals surface area contributed by atoms with Gasteiger partial charge in [0, 0.05) is 24.3 Å². The molecule has 8 heteroatoms. The van der Waals surface area contributed by atoms with Crippen molar-refractivity contribution in [3.05, 3.63) is 40.7 Å². The van der Waals surface area contributed by atoms with Crippen LogP contribution in [0.3, 0.4) is 0 Å². The normalized spacial score (nSPS) is 17.1. The first-order valence-electron chi connectivity index (χ1n) is 10.1. The molecule has 3 rings (SSSR count). The molecule has 5 nitrogen and oxygen atoms in total. The van der Waals surface area contributed by atoms with Gasteiger partial charge in [-0.3, -0.25) is 9.48 Å². The highest BCUT2D eigenvalue weighted by Crippen LogP contribution is 2.37. The van der Waals surface area contributed by atoms with Gasteiger partial charge in [-0.05, 0) is 55.5 Å². The fourth-order valence-corrected chi connectivity index (χ4v) is 3.96. The van der Waals surface area contributed by atoms with Gasteiger partial charge < -0.3 is 10.2 Å². The van der Waals surface area contributed by atoms with E-state index in [0.717, 1.165) is 28.6 Å². The Balaban J connectivity index is 1.85. The number of anilines is 2. The maximum Gasteiger partial charge on any atom is 0.435 e. The van der Waals surface area contributed by atoms with Crippen molar-refractivity contribution in [2.75, 3.05) is 16.8 Å². The number of hydrogen-bond acceptors (Lipinski definition) is 3. The SMILES string of the molecule is Cc1cc(N2CCn3nc(C(F)(F)F)cc3[C@H]2C)cc(C)c1NC(=O)CC(C)(C)C. The standard InChI is InChI=1S/C22H29F3N4O/c1-13-9-16(10-14(2)20(13)26-19(30)12-21(4,5)6)28-7-8-29-17(15(28)3)11-18(27-29)22(23,24)25/h9-11,15H,7-8,12H2,1-6H3,(H,26,30)/t15-/m1/s1. The lowest BCUT2D eigenvalue weighted by molar-refractivity contribution is -0.141. The van der Waals surface area contributed by atoms with E-state index >= 15 is 0 Å². The summed E-state index contributed by atoms with van der Waals surface area (Å²) in [4.78, 5) is 14.4. The molecule has 1 aromatic carbocycles. The Hall–Kier alpha value is -2.51. The van der Waals surface area contributed by atoms with Gasteiger partial charge in [-0.15, -0.1) is 0 Å². The van der Waals surface area contributed by atoms with Crippen molar-refractivity contribution in [3.8, 4) is 0 Å². The first-order chi connectivity index (χ1) is 13.8. The Morgan fingerprint density at radius 1 is 1.13 bits per heavy atom. The molecule has 1 amide bonds. The number of carbonyl (C=O) groups is 1. The molecule has 1 atom stereocenters. The molecule has 1 N–H and O–H groups in total. The van der Waals surface area contributed by atoms with Gasteiger partial charge >= 0.3 is 6.18 Å². The lowest BCUT2D eigenvalue weighted by atomic mass is 9.92. The molecule has 0 fully saturated rings. The molecule has 2 heterocycles. The van der Waals surface area contributed by atoms with Crippen LogP contribution in [-0.2, 0) is 17.5 Å². The van der Waals surface area contributed by atoms with Crippen molar-refractivity contribution in [2.24, 2.45) is 5.41 Å². The third-order valence-corrected chi connectivity index (χ3v) is 5.35. The minimum absolute atomic E-state index is 0.0311. The van der Waals surface area contributed by atoms with Gasteiger partial charge in [0.05, 0.1) is 18.3 Å². The minimum atomic E-state index is -4.45. The number of carbonyl (C=O) groups excluding carboxylic acids is 1. The number of fused-ring (bicyclic) bond motifs is 1. The number of rotatable bonds is 3. The van der Waals surface area contributed by atoms with Gasteiger partial charge in [0.15, 0.2) is 5.69 Å². The highest BCUT2D eigenvalue weighted by Gasteiger charge is 2.37. The van der Waals surface area contributed by atoms with Gasteiger partial charge in [-0.2, -0.15) is 18.3 Å².